The highest BCUT2D eigenvalue weighted by Gasteiger charge is 2.25. The summed E-state index contributed by atoms with van der Waals surface area (Å²) in [7, 11) is 0. The van der Waals surface area contributed by atoms with Crippen molar-refractivity contribution in [3.63, 3.8) is 0 Å². The second kappa shape index (κ2) is 7.45. The number of rotatable bonds is 6. The van der Waals surface area contributed by atoms with E-state index in [0.29, 0.717) is 0 Å². The number of amides is 1. The van der Waals surface area contributed by atoms with Gasteiger partial charge in [0.1, 0.15) is 6.04 Å². The lowest BCUT2D eigenvalue weighted by atomic mass is 10.0. The zero-order valence-electron chi connectivity index (χ0n) is 13.1. The number of nitrogen functional groups attached to an aromatic ring is 1. The van der Waals surface area contributed by atoms with Crippen molar-refractivity contribution >= 4 is 34.3 Å². The van der Waals surface area contributed by atoms with Gasteiger partial charge in [0.05, 0.1) is 18.6 Å². The van der Waals surface area contributed by atoms with Crippen LogP contribution in [0.3, 0.4) is 0 Å². The summed E-state index contributed by atoms with van der Waals surface area (Å²) >= 11 is 0. The predicted octanol–water partition coefficient (Wildman–Crippen LogP) is 1.56. The molecule has 2 rings (SSSR count). The van der Waals surface area contributed by atoms with Gasteiger partial charge in [0.2, 0.25) is 0 Å². The molecule has 0 radical (unpaired) electrons. The molecule has 4 N–H and O–H groups in total. The first kappa shape index (κ1) is 17.3. The predicted molar refractivity (Wildman–Crippen MR) is 88.5 cm³/mol. The number of carbonyl (C=O) groups is 3. The van der Waals surface area contributed by atoms with Crippen molar-refractivity contribution in [2.24, 2.45) is 0 Å². The van der Waals surface area contributed by atoms with Gasteiger partial charge in [-0.15, -0.1) is 0 Å². The van der Waals surface area contributed by atoms with Crippen molar-refractivity contribution in [1.29, 1.82) is 0 Å². The fourth-order valence-electron chi connectivity index (χ4n) is 2.28. The van der Waals surface area contributed by atoms with E-state index in [1.54, 1.807) is 19.1 Å². The Bertz CT molecular complexity index is 788. The van der Waals surface area contributed by atoms with Crippen LogP contribution in [0, 0.1) is 0 Å². The molecule has 0 heterocycles. The second-order valence-corrected chi connectivity index (χ2v) is 5.16. The maximum Gasteiger partial charge on any atom is 0.326 e. The molecule has 126 valence electrons. The molecule has 0 aliphatic heterocycles. The molecular weight excluding hydrogens is 312 g/mol. The van der Waals surface area contributed by atoms with Crippen LogP contribution in [0.25, 0.3) is 10.8 Å². The maximum atomic E-state index is 12.4. The lowest BCUT2D eigenvalue weighted by molar-refractivity contribution is -0.149. The van der Waals surface area contributed by atoms with E-state index in [9.17, 15) is 19.5 Å². The van der Waals surface area contributed by atoms with Crippen LogP contribution in [0.1, 0.15) is 23.7 Å². The van der Waals surface area contributed by atoms with Crippen LogP contribution in [0.2, 0.25) is 0 Å². The number of nitrogens with two attached hydrogens (primary N) is 1. The molecule has 0 saturated heterocycles. The number of carbonyl (C=O) groups excluding carboxylic acids is 2. The van der Waals surface area contributed by atoms with E-state index in [2.05, 4.69) is 5.32 Å². The summed E-state index contributed by atoms with van der Waals surface area (Å²) < 4.78 is 4.71. The fourth-order valence-corrected chi connectivity index (χ4v) is 2.28. The minimum absolute atomic E-state index is 0.136. The molecule has 7 heteroatoms. The molecule has 0 aliphatic carbocycles. The summed E-state index contributed by atoms with van der Waals surface area (Å²) in [6.45, 7) is 1.75. The van der Waals surface area contributed by atoms with Gasteiger partial charge < -0.3 is 20.9 Å². The number of fused-ring (bicyclic) bond motifs is 1. The average molecular weight is 330 g/mol. The van der Waals surface area contributed by atoms with Gasteiger partial charge in [-0.25, -0.2) is 4.79 Å². The van der Waals surface area contributed by atoms with Gasteiger partial charge in [0.15, 0.2) is 0 Å². The monoisotopic (exact) mass is 330 g/mol. The third-order valence-corrected chi connectivity index (χ3v) is 3.44. The van der Waals surface area contributed by atoms with Crippen LogP contribution in [-0.4, -0.2) is 35.6 Å². The van der Waals surface area contributed by atoms with Crippen molar-refractivity contribution in [3.8, 4) is 0 Å². The number of esters is 1. The number of carboxylic acid groups (broad SMARTS) is 1. The molecule has 1 amide bonds. The molecule has 0 aromatic heterocycles. The van der Waals surface area contributed by atoms with Gasteiger partial charge in [-0.05, 0) is 29.8 Å². The lowest BCUT2D eigenvalue weighted by Crippen LogP contribution is -2.42. The molecule has 0 saturated carbocycles. The number of ether oxygens (including phenoxy) is 1. The molecular formula is C17H18N2O5. The maximum absolute atomic E-state index is 12.4. The minimum atomic E-state index is -1.39. The zero-order valence-corrected chi connectivity index (χ0v) is 13.1. The van der Waals surface area contributed by atoms with Gasteiger partial charge in [-0.2, -0.15) is 0 Å². The van der Waals surface area contributed by atoms with Crippen LogP contribution in [0.5, 0.6) is 0 Å². The molecule has 2 aromatic carbocycles. The highest BCUT2D eigenvalue weighted by molar-refractivity contribution is 6.05. The second-order valence-electron chi connectivity index (χ2n) is 5.16. The van der Waals surface area contributed by atoms with E-state index in [1.165, 1.54) is 0 Å². The number of nitrogens with one attached hydrogen (secondary N) is 1. The van der Waals surface area contributed by atoms with Gasteiger partial charge in [0, 0.05) is 5.69 Å². The van der Waals surface area contributed by atoms with Gasteiger partial charge in [-0.3, -0.25) is 9.59 Å². The Morgan fingerprint density at radius 1 is 1.21 bits per heavy atom. The van der Waals surface area contributed by atoms with Crippen molar-refractivity contribution < 1.29 is 24.2 Å². The molecule has 0 unspecified atom stereocenters. The summed E-state index contributed by atoms with van der Waals surface area (Å²) in [5.41, 5.74) is 6.27. The smallest absolute Gasteiger partial charge is 0.326 e. The van der Waals surface area contributed by atoms with Crippen molar-refractivity contribution in [2.75, 3.05) is 12.3 Å². The standard InChI is InChI=1S/C17H18N2O5/c1-2-24-15(20)9-14(17(22)23)19-16(21)12-7-10-5-3-4-6-11(10)8-13(12)18/h3-8,14H,2,9,18H2,1H3,(H,19,21)(H,22,23)/t14-/m0/s1. The summed E-state index contributed by atoms with van der Waals surface area (Å²) in [5, 5.41) is 13.2. The van der Waals surface area contributed by atoms with Crippen LogP contribution in [0.4, 0.5) is 5.69 Å². The Hall–Kier alpha value is -3.09. The van der Waals surface area contributed by atoms with E-state index in [-0.39, 0.29) is 17.9 Å². The molecule has 24 heavy (non-hydrogen) atoms. The first-order chi connectivity index (χ1) is 11.4. The van der Waals surface area contributed by atoms with Crippen LogP contribution < -0.4 is 11.1 Å². The van der Waals surface area contributed by atoms with Gasteiger partial charge in [-0.1, -0.05) is 24.3 Å². The van der Waals surface area contributed by atoms with E-state index < -0.39 is 30.3 Å². The summed E-state index contributed by atoms with van der Waals surface area (Å²) in [5.74, 6) is -2.68. The summed E-state index contributed by atoms with van der Waals surface area (Å²) in [4.78, 5) is 35.1. The number of benzene rings is 2. The van der Waals surface area contributed by atoms with E-state index in [1.807, 2.05) is 24.3 Å². The normalized spacial score (nSPS) is 11.7. The Morgan fingerprint density at radius 3 is 2.42 bits per heavy atom. The van der Waals surface area contributed by atoms with Gasteiger partial charge in [0.25, 0.3) is 5.91 Å². The van der Waals surface area contributed by atoms with Crippen LogP contribution in [-0.2, 0) is 14.3 Å². The number of anilines is 1. The largest absolute Gasteiger partial charge is 0.480 e. The number of carboxylic acids is 1. The quantitative estimate of drug-likeness (QED) is 0.546. The molecule has 0 spiro atoms. The van der Waals surface area contributed by atoms with Crippen LogP contribution >= 0.6 is 0 Å². The third-order valence-electron chi connectivity index (χ3n) is 3.44. The zero-order chi connectivity index (χ0) is 17.7. The Balaban J connectivity index is 2.22. The topological polar surface area (TPSA) is 119 Å². The molecule has 1 atom stereocenters. The molecule has 0 bridgehead atoms. The van der Waals surface area contributed by atoms with Crippen molar-refractivity contribution in [3.05, 3.63) is 42.0 Å². The van der Waals surface area contributed by atoms with Crippen molar-refractivity contribution in [2.45, 2.75) is 19.4 Å². The van der Waals surface area contributed by atoms with E-state index >= 15 is 0 Å². The molecule has 0 aliphatic rings. The molecule has 2 aromatic rings. The molecule has 7 nitrogen and oxygen atoms in total. The summed E-state index contributed by atoms with van der Waals surface area (Å²) in [6.07, 6.45) is -0.456. The Kier molecular flexibility index (Phi) is 5.36. The highest BCUT2D eigenvalue weighted by atomic mass is 16.5. The van der Waals surface area contributed by atoms with Crippen LogP contribution in [0.15, 0.2) is 36.4 Å². The number of aliphatic carboxylic acids is 1. The Morgan fingerprint density at radius 2 is 1.83 bits per heavy atom. The average Bonchev–Trinajstić information content (AvgIpc) is 2.53. The minimum Gasteiger partial charge on any atom is -0.480 e. The fraction of sp³-hybridized carbons (Fsp3) is 0.235. The highest BCUT2D eigenvalue weighted by Crippen LogP contribution is 2.22. The van der Waals surface area contributed by atoms with E-state index in [4.69, 9.17) is 10.5 Å². The third kappa shape index (κ3) is 4.01. The van der Waals surface area contributed by atoms with E-state index in [0.717, 1.165) is 10.8 Å². The summed E-state index contributed by atoms with van der Waals surface area (Å²) in [6, 6.07) is 9.19. The number of hydrogen-bond acceptors (Lipinski definition) is 5. The molecule has 0 fully saturated rings. The first-order valence-corrected chi connectivity index (χ1v) is 7.40. The number of hydrogen-bond donors (Lipinski definition) is 3. The first-order valence-electron chi connectivity index (χ1n) is 7.40. The van der Waals surface area contributed by atoms with Crippen molar-refractivity contribution in [1.82, 2.24) is 5.32 Å². The Labute approximate surface area is 138 Å². The lowest BCUT2D eigenvalue weighted by Gasteiger charge is -2.15. The SMILES string of the molecule is CCOC(=O)C[C@H](NC(=O)c1cc2ccccc2cc1N)C(=O)O. The van der Waals surface area contributed by atoms with Gasteiger partial charge >= 0.3 is 11.9 Å².